The first kappa shape index (κ1) is 11.6. The molecule has 1 saturated heterocycles. The minimum absolute atomic E-state index is 0.109. The molecule has 0 bridgehead atoms. The minimum atomic E-state index is -0.109. The standard InChI is InChI=1S/C13H19FN2/c1-11-9-12(3-4-13(11)14)10-16-7-5-15(2)6-8-16/h3-4,9H,5-8,10H2,1-2H3. The van der Waals surface area contributed by atoms with E-state index in [2.05, 4.69) is 16.8 Å². The van der Waals surface area contributed by atoms with E-state index in [1.165, 1.54) is 5.56 Å². The molecule has 1 heterocycles. The fourth-order valence-corrected chi connectivity index (χ4v) is 2.07. The van der Waals surface area contributed by atoms with Gasteiger partial charge >= 0.3 is 0 Å². The molecule has 0 radical (unpaired) electrons. The molecule has 16 heavy (non-hydrogen) atoms. The Bertz CT molecular complexity index is 357. The minimum Gasteiger partial charge on any atom is -0.304 e. The molecule has 0 spiro atoms. The smallest absolute Gasteiger partial charge is 0.126 e. The van der Waals surface area contributed by atoms with Crippen molar-refractivity contribution in [1.29, 1.82) is 0 Å². The van der Waals surface area contributed by atoms with Gasteiger partial charge in [0.05, 0.1) is 0 Å². The molecule has 2 nitrogen and oxygen atoms in total. The SMILES string of the molecule is Cc1cc(CN2CCN(C)CC2)ccc1F. The Balaban J connectivity index is 1.96. The first-order valence-corrected chi connectivity index (χ1v) is 5.81. The van der Waals surface area contributed by atoms with Gasteiger partial charge in [0, 0.05) is 32.7 Å². The monoisotopic (exact) mass is 222 g/mol. The molecule has 0 atom stereocenters. The summed E-state index contributed by atoms with van der Waals surface area (Å²) in [6.07, 6.45) is 0. The number of halogens is 1. The van der Waals surface area contributed by atoms with Crippen LogP contribution in [0.15, 0.2) is 18.2 Å². The Labute approximate surface area is 96.7 Å². The van der Waals surface area contributed by atoms with E-state index in [0.717, 1.165) is 38.3 Å². The van der Waals surface area contributed by atoms with Gasteiger partial charge in [0.15, 0.2) is 0 Å². The zero-order valence-corrected chi connectivity index (χ0v) is 10.0. The molecule has 0 aliphatic carbocycles. The van der Waals surface area contributed by atoms with Gasteiger partial charge in [-0.15, -0.1) is 0 Å². The molecule has 3 heteroatoms. The third kappa shape index (κ3) is 2.80. The lowest BCUT2D eigenvalue weighted by molar-refractivity contribution is 0.148. The van der Waals surface area contributed by atoms with E-state index in [-0.39, 0.29) is 5.82 Å². The molecule has 0 unspecified atom stereocenters. The third-order valence-corrected chi connectivity index (χ3v) is 3.22. The van der Waals surface area contributed by atoms with Crippen LogP contribution in [0.4, 0.5) is 4.39 Å². The summed E-state index contributed by atoms with van der Waals surface area (Å²) in [5.41, 5.74) is 1.95. The summed E-state index contributed by atoms with van der Waals surface area (Å²) in [6.45, 7) is 7.22. The quantitative estimate of drug-likeness (QED) is 0.754. The maximum atomic E-state index is 13.1. The first-order chi connectivity index (χ1) is 7.65. The summed E-state index contributed by atoms with van der Waals surface area (Å²) in [6, 6.07) is 5.41. The van der Waals surface area contributed by atoms with Crippen molar-refractivity contribution in [3.63, 3.8) is 0 Å². The van der Waals surface area contributed by atoms with E-state index in [1.807, 2.05) is 19.1 Å². The van der Waals surface area contributed by atoms with Crippen molar-refractivity contribution in [3.05, 3.63) is 35.1 Å². The number of hydrogen-bond donors (Lipinski definition) is 0. The van der Waals surface area contributed by atoms with Crippen molar-refractivity contribution in [2.75, 3.05) is 33.2 Å². The van der Waals surface area contributed by atoms with E-state index >= 15 is 0 Å². The average molecular weight is 222 g/mol. The van der Waals surface area contributed by atoms with Crippen molar-refractivity contribution in [1.82, 2.24) is 9.80 Å². The predicted octanol–water partition coefficient (Wildman–Crippen LogP) is 1.88. The lowest BCUT2D eigenvalue weighted by Gasteiger charge is -2.32. The topological polar surface area (TPSA) is 6.48 Å². The first-order valence-electron chi connectivity index (χ1n) is 5.81. The molecule has 1 aliphatic heterocycles. The molecule has 0 amide bonds. The number of nitrogens with zero attached hydrogens (tertiary/aromatic N) is 2. The van der Waals surface area contributed by atoms with Gasteiger partial charge in [-0.05, 0) is 31.2 Å². The van der Waals surface area contributed by atoms with Crippen LogP contribution in [0.2, 0.25) is 0 Å². The maximum absolute atomic E-state index is 13.1. The summed E-state index contributed by atoms with van der Waals surface area (Å²) >= 11 is 0. The normalized spacial score (nSPS) is 18.9. The molecule has 0 N–H and O–H groups in total. The Morgan fingerprint density at radius 2 is 1.88 bits per heavy atom. The molecular formula is C13H19FN2. The second kappa shape index (κ2) is 4.93. The summed E-state index contributed by atoms with van der Waals surface area (Å²) in [7, 11) is 2.15. The second-order valence-electron chi connectivity index (χ2n) is 4.66. The number of hydrogen-bond acceptors (Lipinski definition) is 2. The molecule has 1 aliphatic rings. The highest BCUT2D eigenvalue weighted by Crippen LogP contribution is 2.12. The van der Waals surface area contributed by atoms with Crippen LogP contribution in [-0.2, 0) is 6.54 Å². The van der Waals surface area contributed by atoms with Gasteiger partial charge in [-0.25, -0.2) is 4.39 Å². The lowest BCUT2D eigenvalue weighted by atomic mass is 10.1. The van der Waals surface area contributed by atoms with Crippen molar-refractivity contribution in [2.24, 2.45) is 0 Å². The van der Waals surface area contributed by atoms with Crippen molar-refractivity contribution in [2.45, 2.75) is 13.5 Å². The van der Waals surface area contributed by atoms with E-state index in [9.17, 15) is 4.39 Å². The summed E-state index contributed by atoms with van der Waals surface area (Å²) in [5, 5.41) is 0. The third-order valence-electron chi connectivity index (χ3n) is 3.22. The van der Waals surface area contributed by atoms with Crippen LogP contribution in [0.3, 0.4) is 0 Å². The molecule has 88 valence electrons. The fraction of sp³-hybridized carbons (Fsp3) is 0.538. The van der Waals surface area contributed by atoms with Gasteiger partial charge in [-0.1, -0.05) is 12.1 Å². The Hall–Kier alpha value is -0.930. The highest BCUT2D eigenvalue weighted by Gasteiger charge is 2.13. The number of piperazine rings is 1. The fourth-order valence-electron chi connectivity index (χ4n) is 2.07. The molecule has 1 fully saturated rings. The second-order valence-corrected chi connectivity index (χ2v) is 4.66. The van der Waals surface area contributed by atoms with Gasteiger partial charge in [-0.3, -0.25) is 4.90 Å². The molecule has 0 saturated carbocycles. The van der Waals surface area contributed by atoms with Gasteiger partial charge in [0.25, 0.3) is 0 Å². The van der Waals surface area contributed by atoms with Crippen LogP contribution < -0.4 is 0 Å². The average Bonchev–Trinajstić information content (AvgIpc) is 2.27. The highest BCUT2D eigenvalue weighted by molar-refractivity contribution is 5.23. The van der Waals surface area contributed by atoms with Crippen LogP contribution in [0.25, 0.3) is 0 Å². The maximum Gasteiger partial charge on any atom is 0.126 e. The number of benzene rings is 1. The molecule has 1 aromatic carbocycles. The molecule has 2 rings (SSSR count). The van der Waals surface area contributed by atoms with Crippen LogP contribution >= 0.6 is 0 Å². The number of rotatable bonds is 2. The van der Waals surface area contributed by atoms with E-state index in [0.29, 0.717) is 0 Å². The Morgan fingerprint density at radius 3 is 2.50 bits per heavy atom. The zero-order valence-electron chi connectivity index (χ0n) is 10.0. The van der Waals surface area contributed by atoms with E-state index in [4.69, 9.17) is 0 Å². The predicted molar refractivity (Wildman–Crippen MR) is 63.9 cm³/mol. The van der Waals surface area contributed by atoms with Crippen molar-refractivity contribution >= 4 is 0 Å². The molecule has 0 aromatic heterocycles. The molecule has 1 aromatic rings. The lowest BCUT2D eigenvalue weighted by Crippen LogP contribution is -2.43. The van der Waals surface area contributed by atoms with E-state index < -0.39 is 0 Å². The highest BCUT2D eigenvalue weighted by atomic mass is 19.1. The number of aryl methyl sites for hydroxylation is 1. The van der Waals surface area contributed by atoms with E-state index in [1.54, 1.807) is 6.07 Å². The van der Waals surface area contributed by atoms with Crippen LogP contribution in [0.5, 0.6) is 0 Å². The Kier molecular flexibility index (Phi) is 3.56. The van der Waals surface area contributed by atoms with Gasteiger partial charge < -0.3 is 4.90 Å². The van der Waals surface area contributed by atoms with Crippen LogP contribution in [0, 0.1) is 12.7 Å². The van der Waals surface area contributed by atoms with Gasteiger partial charge in [-0.2, -0.15) is 0 Å². The molecular weight excluding hydrogens is 203 g/mol. The summed E-state index contributed by atoms with van der Waals surface area (Å²) in [5.74, 6) is -0.109. The van der Waals surface area contributed by atoms with Crippen LogP contribution in [0.1, 0.15) is 11.1 Å². The van der Waals surface area contributed by atoms with Gasteiger partial charge in [0.1, 0.15) is 5.82 Å². The Morgan fingerprint density at radius 1 is 1.19 bits per heavy atom. The summed E-state index contributed by atoms with van der Waals surface area (Å²) < 4.78 is 13.1. The largest absolute Gasteiger partial charge is 0.304 e. The number of likely N-dealkylation sites (N-methyl/N-ethyl adjacent to an activating group) is 1. The van der Waals surface area contributed by atoms with Crippen molar-refractivity contribution in [3.8, 4) is 0 Å². The zero-order chi connectivity index (χ0) is 11.5. The van der Waals surface area contributed by atoms with Crippen LogP contribution in [-0.4, -0.2) is 43.0 Å². The van der Waals surface area contributed by atoms with Crippen molar-refractivity contribution < 1.29 is 4.39 Å². The van der Waals surface area contributed by atoms with Gasteiger partial charge in [0.2, 0.25) is 0 Å². The summed E-state index contributed by atoms with van der Waals surface area (Å²) in [4.78, 5) is 4.76.